The van der Waals surface area contributed by atoms with Gasteiger partial charge in [-0.15, -0.1) is 0 Å². The molecular weight excluding hydrogens is 266 g/mol. The van der Waals surface area contributed by atoms with E-state index in [4.69, 9.17) is 0 Å². The summed E-state index contributed by atoms with van der Waals surface area (Å²) in [6.07, 6.45) is 3.40. The summed E-state index contributed by atoms with van der Waals surface area (Å²) in [4.78, 5) is 11.7. The van der Waals surface area contributed by atoms with E-state index in [-0.39, 0.29) is 11.7 Å². The van der Waals surface area contributed by atoms with Gasteiger partial charge in [-0.3, -0.25) is 4.68 Å². The lowest BCUT2D eigenvalue weighted by Gasteiger charge is -2.13. The number of carbonyl (C=O) groups excluding carboxylic acids is 1. The lowest BCUT2D eigenvalue weighted by atomic mass is 10.2. The number of hydrogen-bond donors (Lipinski definition) is 2. The van der Waals surface area contributed by atoms with Crippen LogP contribution in [0.15, 0.2) is 30.6 Å². The molecule has 0 aliphatic rings. The first-order chi connectivity index (χ1) is 9.45. The van der Waals surface area contributed by atoms with Gasteiger partial charge < -0.3 is 10.6 Å². The average Bonchev–Trinajstić information content (AvgIpc) is 2.79. The Bertz CT molecular complexity index is 627. The van der Waals surface area contributed by atoms with Gasteiger partial charge in [0.05, 0.1) is 17.9 Å². The zero-order chi connectivity index (χ0) is 14.7. The second-order valence-corrected chi connectivity index (χ2v) is 4.39. The number of rotatable bonds is 3. The van der Waals surface area contributed by atoms with E-state index in [1.807, 2.05) is 0 Å². The first-order valence-electron chi connectivity index (χ1n) is 5.97. The molecule has 0 aliphatic heterocycles. The van der Waals surface area contributed by atoms with Crippen LogP contribution < -0.4 is 10.6 Å². The topological polar surface area (TPSA) is 59.0 Å². The number of hydrogen-bond acceptors (Lipinski definition) is 2. The quantitative estimate of drug-likeness (QED) is 0.907. The van der Waals surface area contributed by atoms with Crippen LogP contribution in [0.1, 0.15) is 18.5 Å². The highest BCUT2D eigenvalue weighted by Gasteiger charge is 2.12. The minimum absolute atomic E-state index is 0.0812. The van der Waals surface area contributed by atoms with Gasteiger partial charge in [0, 0.05) is 24.9 Å². The van der Waals surface area contributed by atoms with Gasteiger partial charge in [0.1, 0.15) is 11.6 Å². The Kier molecular flexibility index (Phi) is 3.97. The second kappa shape index (κ2) is 5.68. The van der Waals surface area contributed by atoms with E-state index in [9.17, 15) is 13.6 Å². The summed E-state index contributed by atoms with van der Waals surface area (Å²) >= 11 is 0. The van der Waals surface area contributed by atoms with Crippen molar-refractivity contribution in [3.05, 3.63) is 47.8 Å². The third kappa shape index (κ3) is 3.31. The fourth-order valence-electron chi connectivity index (χ4n) is 1.69. The highest BCUT2D eigenvalue weighted by molar-refractivity contribution is 5.89. The van der Waals surface area contributed by atoms with E-state index in [1.54, 1.807) is 31.0 Å². The molecule has 1 aromatic carbocycles. The van der Waals surface area contributed by atoms with Crippen molar-refractivity contribution in [1.82, 2.24) is 15.1 Å². The van der Waals surface area contributed by atoms with E-state index in [0.29, 0.717) is 6.07 Å². The Morgan fingerprint density at radius 1 is 1.40 bits per heavy atom. The molecule has 1 unspecified atom stereocenters. The molecule has 1 heterocycles. The summed E-state index contributed by atoms with van der Waals surface area (Å²) in [5, 5.41) is 8.96. The number of nitrogens with one attached hydrogen (secondary N) is 2. The van der Waals surface area contributed by atoms with Crippen molar-refractivity contribution < 1.29 is 13.6 Å². The maximum atomic E-state index is 13.4. The Morgan fingerprint density at radius 3 is 2.75 bits per heavy atom. The molecule has 0 aliphatic carbocycles. The monoisotopic (exact) mass is 280 g/mol. The molecule has 0 fully saturated rings. The van der Waals surface area contributed by atoms with Crippen LogP contribution in [0, 0.1) is 11.6 Å². The lowest BCUT2D eigenvalue weighted by molar-refractivity contribution is 0.249. The minimum atomic E-state index is -0.825. The van der Waals surface area contributed by atoms with Gasteiger partial charge in [-0.05, 0) is 19.1 Å². The predicted molar refractivity (Wildman–Crippen MR) is 70.1 cm³/mol. The Balaban J connectivity index is 1.98. The molecule has 1 aromatic heterocycles. The van der Waals surface area contributed by atoms with Crippen molar-refractivity contribution in [1.29, 1.82) is 0 Å². The van der Waals surface area contributed by atoms with Crippen LogP contribution >= 0.6 is 0 Å². The molecule has 0 bridgehead atoms. The third-order valence-corrected chi connectivity index (χ3v) is 2.75. The Labute approximate surface area is 114 Å². The molecular formula is C13H14F2N4O. The van der Waals surface area contributed by atoms with Gasteiger partial charge in [0.15, 0.2) is 0 Å². The van der Waals surface area contributed by atoms with E-state index in [2.05, 4.69) is 15.7 Å². The molecule has 0 radical (unpaired) electrons. The van der Waals surface area contributed by atoms with Crippen LogP contribution in [0.3, 0.4) is 0 Å². The van der Waals surface area contributed by atoms with Crippen LogP contribution in [-0.2, 0) is 7.05 Å². The standard InChI is InChI=1S/C13H14F2N4O/c1-8(9-6-16-19(2)7-9)17-13(20)18-12-4-3-10(14)5-11(12)15/h3-8H,1-2H3,(H2,17,18,20). The first-order valence-corrected chi connectivity index (χ1v) is 5.97. The normalized spacial score (nSPS) is 12.0. The molecule has 1 atom stereocenters. The molecule has 0 spiro atoms. The van der Waals surface area contributed by atoms with E-state index in [0.717, 1.165) is 11.6 Å². The second-order valence-electron chi connectivity index (χ2n) is 4.39. The molecule has 20 heavy (non-hydrogen) atoms. The van der Waals surface area contributed by atoms with Crippen molar-refractivity contribution in [2.75, 3.05) is 5.32 Å². The van der Waals surface area contributed by atoms with Crippen LogP contribution in [0.25, 0.3) is 0 Å². The number of benzene rings is 1. The van der Waals surface area contributed by atoms with Crippen molar-refractivity contribution in [3.63, 3.8) is 0 Å². The van der Waals surface area contributed by atoms with Gasteiger partial charge in [0.2, 0.25) is 0 Å². The number of halogens is 2. The number of urea groups is 1. The summed E-state index contributed by atoms with van der Waals surface area (Å²) in [6, 6.07) is 2.08. The maximum Gasteiger partial charge on any atom is 0.319 e. The fraction of sp³-hybridized carbons (Fsp3) is 0.231. The number of carbonyl (C=O) groups is 1. The molecule has 5 nitrogen and oxygen atoms in total. The smallest absolute Gasteiger partial charge is 0.319 e. The summed E-state index contributed by atoms with van der Waals surface area (Å²) < 4.78 is 27.7. The Hall–Kier alpha value is -2.44. The van der Waals surface area contributed by atoms with Crippen molar-refractivity contribution in [3.8, 4) is 0 Å². The number of amides is 2. The predicted octanol–water partition coefficient (Wildman–Crippen LogP) is 2.58. The average molecular weight is 280 g/mol. The highest BCUT2D eigenvalue weighted by atomic mass is 19.1. The van der Waals surface area contributed by atoms with Gasteiger partial charge in [-0.1, -0.05) is 0 Å². The van der Waals surface area contributed by atoms with Crippen LogP contribution in [0.4, 0.5) is 19.3 Å². The summed E-state index contributed by atoms with van der Waals surface area (Å²) in [5.41, 5.74) is 0.740. The third-order valence-electron chi connectivity index (χ3n) is 2.75. The largest absolute Gasteiger partial charge is 0.331 e. The molecule has 7 heteroatoms. The van der Waals surface area contributed by atoms with Gasteiger partial charge >= 0.3 is 6.03 Å². The number of nitrogens with zero attached hydrogens (tertiary/aromatic N) is 2. The van der Waals surface area contributed by atoms with E-state index >= 15 is 0 Å². The maximum absolute atomic E-state index is 13.4. The van der Waals surface area contributed by atoms with Gasteiger partial charge in [-0.25, -0.2) is 13.6 Å². The molecule has 2 rings (SSSR count). The van der Waals surface area contributed by atoms with E-state index < -0.39 is 17.7 Å². The summed E-state index contributed by atoms with van der Waals surface area (Å²) in [5.74, 6) is -1.52. The Morgan fingerprint density at radius 2 is 2.15 bits per heavy atom. The molecule has 2 amide bonds. The molecule has 0 saturated heterocycles. The number of anilines is 1. The SMILES string of the molecule is CC(NC(=O)Nc1ccc(F)cc1F)c1cnn(C)c1. The van der Waals surface area contributed by atoms with Crippen molar-refractivity contribution in [2.45, 2.75) is 13.0 Å². The fourth-order valence-corrected chi connectivity index (χ4v) is 1.69. The van der Waals surface area contributed by atoms with Crippen LogP contribution in [0.5, 0.6) is 0 Å². The molecule has 2 N–H and O–H groups in total. The summed E-state index contributed by atoms with van der Waals surface area (Å²) in [7, 11) is 1.77. The zero-order valence-electron chi connectivity index (χ0n) is 11.0. The molecule has 106 valence electrons. The number of aromatic nitrogens is 2. The highest BCUT2D eigenvalue weighted by Crippen LogP contribution is 2.15. The van der Waals surface area contributed by atoms with Gasteiger partial charge in [0.25, 0.3) is 0 Å². The zero-order valence-corrected chi connectivity index (χ0v) is 11.0. The van der Waals surface area contributed by atoms with Gasteiger partial charge in [-0.2, -0.15) is 5.10 Å². The number of aryl methyl sites for hydroxylation is 1. The van der Waals surface area contributed by atoms with Crippen LogP contribution in [-0.4, -0.2) is 15.8 Å². The van der Waals surface area contributed by atoms with Crippen molar-refractivity contribution in [2.24, 2.45) is 7.05 Å². The molecule has 0 saturated carbocycles. The molecule has 2 aromatic rings. The first kappa shape index (κ1) is 14.0. The summed E-state index contributed by atoms with van der Waals surface area (Å²) in [6.45, 7) is 1.78. The lowest BCUT2D eigenvalue weighted by Crippen LogP contribution is -2.31. The van der Waals surface area contributed by atoms with Crippen molar-refractivity contribution >= 4 is 11.7 Å². The van der Waals surface area contributed by atoms with E-state index in [1.165, 1.54) is 6.07 Å². The van der Waals surface area contributed by atoms with Crippen LogP contribution in [0.2, 0.25) is 0 Å². The minimum Gasteiger partial charge on any atom is -0.331 e.